The van der Waals surface area contributed by atoms with E-state index < -0.39 is 23.8 Å². The van der Waals surface area contributed by atoms with Gasteiger partial charge in [0.1, 0.15) is 5.69 Å². The van der Waals surface area contributed by atoms with Crippen LogP contribution >= 0.6 is 0 Å². The zero-order chi connectivity index (χ0) is 24.5. The summed E-state index contributed by atoms with van der Waals surface area (Å²) in [6.07, 6.45) is -4.09. The van der Waals surface area contributed by atoms with Gasteiger partial charge in [0.2, 0.25) is 5.91 Å². The molecule has 1 aliphatic rings. The summed E-state index contributed by atoms with van der Waals surface area (Å²) in [7, 11) is 0. The highest BCUT2D eigenvalue weighted by Crippen LogP contribution is 2.31. The Labute approximate surface area is 194 Å². The van der Waals surface area contributed by atoms with E-state index in [1.165, 1.54) is 4.90 Å². The van der Waals surface area contributed by atoms with Crippen LogP contribution in [0.15, 0.2) is 54.6 Å². The Bertz CT molecular complexity index is 1220. The molecule has 1 aliphatic heterocycles. The van der Waals surface area contributed by atoms with Crippen molar-refractivity contribution in [2.24, 2.45) is 5.73 Å². The topological polar surface area (TPSA) is 93.2 Å². The lowest BCUT2D eigenvalue weighted by atomic mass is 10.00. The van der Waals surface area contributed by atoms with Crippen LogP contribution in [0.1, 0.15) is 39.8 Å². The van der Waals surface area contributed by atoms with E-state index in [0.29, 0.717) is 25.1 Å². The van der Waals surface area contributed by atoms with Crippen molar-refractivity contribution < 1.29 is 22.8 Å². The summed E-state index contributed by atoms with van der Waals surface area (Å²) in [6, 6.07) is 14.3. The number of nitrogens with two attached hydrogens (primary N) is 1. The Kier molecular flexibility index (Phi) is 6.43. The van der Waals surface area contributed by atoms with Crippen LogP contribution in [-0.4, -0.2) is 39.1 Å². The van der Waals surface area contributed by atoms with Crippen molar-refractivity contribution in [3.63, 3.8) is 0 Å². The number of carbonyl (C=O) groups is 2. The van der Waals surface area contributed by atoms with E-state index in [1.807, 2.05) is 24.3 Å². The minimum atomic E-state index is -4.71. The minimum absolute atomic E-state index is 0.133. The first kappa shape index (κ1) is 23.5. The smallest absolute Gasteiger partial charge is 0.351 e. The monoisotopic (exact) mass is 471 g/mol. The highest BCUT2D eigenvalue weighted by Gasteiger charge is 2.37. The number of alkyl halides is 3. The lowest BCUT2D eigenvalue weighted by Gasteiger charge is -2.29. The fraction of sp³-hybridized carbons (Fsp3) is 0.292. The average molecular weight is 471 g/mol. The maximum atomic E-state index is 13.5. The number of nitrogens with one attached hydrogen (secondary N) is 1. The molecular formula is C24H24F3N5O2. The van der Waals surface area contributed by atoms with Gasteiger partial charge in [0.25, 0.3) is 5.91 Å². The van der Waals surface area contributed by atoms with Gasteiger partial charge in [0.15, 0.2) is 5.69 Å². The van der Waals surface area contributed by atoms with Gasteiger partial charge in [-0.05, 0) is 42.2 Å². The van der Waals surface area contributed by atoms with Crippen molar-refractivity contribution in [1.29, 1.82) is 0 Å². The predicted molar refractivity (Wildman–Crippen MR) is 119 cm³/mol. The van der Waals surface area contributed by atoms with Gasteiger partial charge >= 0.3 is 6.18 Å². The molecule has 0 bridgehead atoms. The predicted octanol–water partition coefficient (Wildman–Crippen LogP) is 3.05. The molecule has 10 heteroatoms. The van der Waals surface area contributed by atoms with E-state index in [4.69, 9.17) is 5.73 Å². The number of rotatable bonds is 5. The van der Waals surface area contributed by atoms with Crippen molar-refractivity contribution >= 4 is 11.8 Å². The minimum Gasteiger partial charge on any atom is -0.351 e. The molecule has 0 radical (unpaired) electrons. The van der Waals surface area contributed by atoms with Gasteiger partial charge in [-0.1, -0.05) is 36.4 Å². The number of carbonyl (C=O) groups excluding carboxylic acids is 2. The number of benzene rings is 2. The third-order valence-corrected chi connectivity index (χ3v) is 5.67. The molecule has 4 rings (SSSR count). The van der Waals surface area contributed by atoms with Gasteiger partial charge in [-0.25, -0.2) is 4.68 Å². The van der Waals surface area contributed by atoms with Crippen LogP contribution in [0.5, 0.6) is 0 Å². The van der Waals surface area contributed by atoms with E-state index in [0.717, 1.165) is 21.9 Å². The number of hydrogen-bond acceptors (Lipinski definition) is 4. The molecule has 1 aromatic heterocycles. The molecular weight excluding hydrogens is 447 g/mol. The largest absolute Gasteiger partial charge is 0.435 e. The van der Waals surface area contributed by atoms with E-state index >= 15 is 0 Å². The molecule has 2 amide bonds. The number of nitrogens with zero attached hydrogens (tertiary/aromatic N) is 3. The Morgan fingerprint density at radius 1 is 1.12 bits per heavy atom. The summed E-state index contributed by atoms with van der Waals surface area (Å²) in [5.41, 5.74) is 7.22. The third-order valence-electron chi connectivity index (χ3n) is 5.67. The second-order valence-electron chi connectivity index (χ2n) is 8.25. The van der Waals surface area contributed by atoms with Crippen molar-refractivity contribution in [2.45, 2.75) is 38.7 Å². The van der Waals surface area contributed by atoms with Crippen molar-refractivity contribution in [3.8, 4) is 5.69 Å². The van der Waals surface area contributed by atoms with Crippen LogP contribution in [0.3, 0.4) is 0 Å². The van der Waals surface area contributed by atoms with Crippen molar-refractivity contribution in [2.75, 3.05) is 6.54 Å². The first-order valence-electron chi connectivity index (χ1n) is 10.8. The first-order chi connectivity index (χ1) is 16.1. The zero-order valence-corrected chi connectivity index (χ0v) is 18.5. The van der Waals surface area contributed by atoms with E-state index in [9.17, 15) is 22.8 Å². The quantitative estimate of drug-likeness (QED) is 0.598. The number of halogens is 3. The van der Waals surface area contributed by atoms with Gasteiger partial charge in [-0.3, -0.25) is 9.59 Å². The lowest BCUT2D eigenvalue weighted by Crippen LogP contribution is -2.37. The van der Waals surface area contributed by atoms with E-state index in [2.05, 4.69) is 10.4 Å². The summed E-state index contributed by atoms with van der Waals surface area (Å²) in [5, 5.41) is 6.37. The normalized spacial score (nSPS) is 14.4. The third kappa shape index (κ3) is 4.96. The molecule has 2 aromatic carbocycles. The van der Waals surface area contributed by atoms with E-state index in [-0.39, 0.29) is 23.8 Å². The van der Waals surface area contributed by atoms with Gasteiger partial charge in [0, 0.05) is 25.7 Å². The van der Waals surface area contributed by atoms with Gasteiger partial charge in [-0.2, -0.15) is 18.3 Å². The number of hydrogen-bond donors (Lipinski definition) is 2. The SMILES string of the molecule is C[C@H](N)C(=O)NCc1cccc(-n2nc(C(F)(F)F)cc2C(=O)N2CCc3ccccc3C2)c1. The van der Waals surface area contributed by atoms with Gasteiger partial charge in [-0.15, -0.1) is 0 Å². The summed E-state index contributed by atoms with van der Waals surface area (Å²) >= 11 is 0. The molecule has 7 nitrogen and oxygen atoms in total. The van der Waals surface area contributed by atoms with Crippen molar-refractivity contribution in [1.82, 2.24) is 20.0 Å². The highest BCUT2D eigenvalue weighted by atomic mass is 19.4. The molecule has 0 aliphatic carbocycles. The number of amides is 2. The molecule has 3 N–H and O–H groups in total. The Morgan fingerprint density at radius 3 is 2.56 bits per heavy atom. The van der Waals surface area contributed by atoms with Crippen LogP contribution in [0.25, 0.3) is 5.69 Å². The first-order valence-corrected chi connectivity index (χ1v) is 10.8. The van der Waals surface area contributed by atoms with Crippen LogP contribution in [-0.2, 0) is 30.5 Å². The van der Waals surface area contributed by atoms with Crippen LogP contribution in [0.2, 0.25) is 0 Å². The summed E-state index contributed by atoms with van der Waals surface area (Å²) in [5.74, 6) is -0.890. The fourth-order valence-corrected chi connectivity index (χ4v) is 3.85. The average Bonchev–Trinajstić information content (AvgIpc) is 3.28. The molecule has 2 heterocycles. The molecule has 178 valence electrons. The molecule has 0 unspecified atom stereocenters. The maximum absolute atomic E-state index is 13.5. The second kappa shape index (κ2) is 9.30. The molecule has 0 saturated carbocycles. The number of aromatic nitrogens is 2. The number of fused-ring (bicyclic) bond motifs is 1. The Morgan fingerprint density at radius 2 is 1.85 bits per heavy atom. The van der Waals surface area contributed by atoms with Crippen molar-refractivity contribution in [3.05, 3.63) is 82.7 Å². The standard InChI is InChI=1S/C24H24F3N5O2/c1-15(28)22(33)29-13-16-5-4-8-19(11-16)32-20(12-21(30-32)24(25,26)27)23(34)31-10-9-17-6-2-3-7-18(17)14-31/h2-8,11-12,15H,9-10,13-14,28H2,1H3,(H,29,33)/t15-/m0/s1. The summed E-state index contributed by atoms with van der Waals surface area (Å²) in [6.45, 7) is 2.38. The fourth-order valence-electron chi connectivity index (χ4n) is 3.85. The molecule has 0 spiro atoms. The molecule has 0 saturated heterocycles. The molecule has 0 fully saturated rings. The Hall–Kier alpha value is -3.66. The molecule has 1 atom stereocenters. The van der Waals surface area contributed by atoms with Gasteiger partial charge < -0.3 is 16.0 Å². The lowest BCUT2D eigenvalue weighted by molar-refractivity contribution is -0.141. The highest BCUT2D eigenvalue weighted by molar-refractivity contribution is 5.93. The van der Waals surface area contributed by atoms with Crippen LogP contribution in [0, 0.1) is 0 Å². The summed E-state index contributed by atoms with van der Waals surface area (Å²) in [4.78, 5) is 26.6. The van der Waals surface area contributed by atoms with Crippen LogP contribution in [0.4, 0.5) is 13.2 Å². The molecule has 3 aromatic rings. The molecule has 34 heavy (non-hydrogen) atoms. The van der Waals surface area contributed by atoms with Crippen LogP contribution < -0.4 is 11.1 Å². The van der Waals surface area contributed by atoms with Gasteiger partial charge in [0.05, 0.1) is 11.7 Å². The maximum Gasteiger partial charge on any atom is 0.435 e. The summed E-state index contributed by atoms with van der Waals surface area (Å²) < 4.78 is 41.5. The Balaban J connectivity index is 1.66. The van der Waals surface area contributed by atoms with E-state index in [1.54, 1.807) is 31.2 Å². The zero-order valence-electron chi connectivity index (χ0n) is 18.5. The second-order valence-corrected chi connectivity index (χ2v) is 8.25.